The third-order valence-corrected chi connectivity index (χ3v) is 5.15. The van der Waals surface area contributed by atoms with Crippen molar-refractivity contribution in [2.45, 2.75) is 17.9 Å². The van der Waals surface area contributed by atoms with Crippen LogP contribution in [0.5, 0.6) is 5.75 Å². The molecule has 2 heterocycles. The molecule has 3 rings (SSSR count). The Morgan fingerprint density at radius 1 is 1.33 bits per heavy atom. The number of hydrogen-bond donors (Lipinski definition) is 1. The molecule has 0 saturated carbocycles. The molecule has 27 heavy (non-hydrogen) atoms. The van der Waals surface area contributed by atoms with Gasteiger partial charge in [-0.25, -0.2) is 8.78 Å². The molecule has 1 aromatic carbocycles. The first-order valence-electron chi connectivity index (χ1n) is 7.76. The minimum absolute atomic E-state index is 0.0879. The summed E-state index contributed by atoms with van der Waals surface area (Å²) in [6, 6.07) is 4.37. The fourth-order valence-corrected chi connectivity index (χ4v) is 3.70. The third kappa shape index (κ3) is 5.47. The second kappa shape index (κ2) is 8.91. The lowest BCUT2D eigenvalue weighted by atomic mass is 10.3. The van der Waals surface area contributed by atoms with Crippen LogP contribution in [0.1, 0.15) is 21.3 Å². The second-order valence-electron chi connectivity index (χ2n) is 5.23. The van der Waals surface area contributed by atoms with Crippen molar-refractivity contribution in [2.24, 2.45) is 0 Å². The Labute approximate surface area is 161 Å². The summed E-state index contributed by atoms with van der Waals surface area (Å²) in [6.45, 7) is 2.15. The van der Waals surface area contributed by atoms with Crippen molar-refractivity contribution in [3.8, 4) is 5.75 Å². The van der Waals surface area contributed by atoms with Gasteiger partial charge in [-0.1, -0.05) is 28.3 Å². The molecule has 1 amide bonds. The molecule has 0 bridgehead atoms. The molecule has 0 aliphatic rings. The van der Waals surface area contributed by atoms with E-state index in [1.165, 1.54) is 35.2 Å². The topological polar surface area (TPSA) is 90.1 Å². The SMILES string of the molecule is Cc1nnc(SCCNC(=O)c2cc(COc3ccc(F)cc3F)on2)s1. The number of amides is 1. The maximum absolute atomic E-state index is 13.5. The molecule has 0 aliphatic carbocycles. The van der Waals surface area contributed by atoms with Crippen LogP contribution in [-0.2, 0) is 6.61 Å². The number of carbonyl (C=O) groups excluding carboxylic acids is 1. The van der Waals surface area contributed by atoms with Crippen molar-refractivity contribution in [1.82, 2.24) is 20.7 Å². The highest BCUT2D eigenvalue weighted by Gasteiger charge is 2.13. The van der Waals surface area contributed by atoms with Gasteiger partial charge in [0.15, 0.2) is 27.4 Å². The first kappa shape index (κ1) is 19.2. The number of halogens is 2. The smallest absolute Gasteiger partial charge is 0.273 e. The number of hydrogen-bond acceptors (Lipinski definition) is 8. The van der Waals surface area contributed by atoms with E-state index in [4.69, 9.17) is 9.26 Å². The molecule has 3 aromatic rings. The maximum Gasteiger partial charge on any atom is 0.273 e. The highest BCUT2D eigenvalue weighted by Crippen LogP contribution is 2.21. The molecule has 142 valence electrons. The molecule has 0 unspecified atom stereocenters. The summed E-state index contributed by atoms with van der Waals surface area (Å²) in [7, 11) is 0. The Morgan fingerprint density at radius 3 is 2.93 bits per heavy atom. The average Bonchev–Trinajstić information content (AvgIpc) is 3.27. The Hall–Kier alpha value is -2.53. The lowest BCUT2D eigenvalue weighted by Gasteiger charge is -2.04. The van der Waals surface area contributed by atoms with Gasteiger partial charge in [0.1, 0.15) is 17.4 Å². The predicted molar refractivity (Wildman–Crippen MR) is 94.9 cm³/mol. The van der Waals surface area contributed by atoms with Gasteiger partial charge in [0.05, 0.1) is 0 Å². The summed E-state index contributed by atoms with van der Waals surface area (Å²) in [5.74, 6) is -1.16. The van der Waals surface area contributed by atoms with Crippen LogP contribution in [0.2, 0.25) is 0 Å². The maximum atomic E-state index is 13.5. The summed E-state index contributed by atoms with van der Waals surface area (Å²) in [6.07, 6.45) is 0. The van der Waals surface area contributed by atoms with Crippen LogP contribution in [0.4, 0.5) is 8.78 Å². The molecule has 0 aliphatic heterocycles. The average molecular weight is 412 g/mol. The number of carbonyl (C=O) groups is 1. The molecule has 1 N–H and O–H groups in total. The molecule has 0 atom stereocenters. The van der Waals surface area contributed by atoms with Gasteiger partial charge in [0.25, 0.3) is 5.91 Å². The van der Waals surface area contributed by atoms with E-state index < -0.39 is 17.5 Å². The number of nitrogens with one attached hydrogen (secondary N) is 1. The van der Waals surface area contributed by atoms with Gasteiger partial charge in [-0.05, 0) is 19.1 Å². The van der Waals surface area contributed by atoms with Crippen LogP contribution in [0.15, 0.2) is 33.1 Å². The predicted octanol–water partition coefficient (Wildman–Crippen LogP) is 3.21. The van der Waals surface area contributed by atoms with Crippen LogP contribution >= 0.6 is 23.1 Å². The van der Waals surface area contributed by atoms with Crippen LogP contribution in [-0.4, -0.2) is 33.6 Å². The number of aromatic nitrogens is 3. The Morgan fingerprint density at radius 2 is 2.19 bits per heavy atom. The van der Waals surface area contributed by atoms with E-state index in [-0.39, 0.29) is 23.8 Å². The highest BCUT2D eigenvalue weighted by molar-refractivity contribution is 8.01. The number of nitrogens with zero attached hydrogens (tertiary/aromatic N) is 3. The van der Waals surface area contributed by atoms with Crippen molar-refractivity contribution in [1.29, 1.82) is 0 Å². The van der Waals surface area contributed by atoms with E-state index in [9.17, 15) is 13.6 Å². The Balaban J connectivity index is 1.44. The zero-order valence-electron chi connectivity index (χ0n) is 14.1. The van der Waals surface area contributed by atoms with E-state index >= 15 is 0 Å². The third-order valence-electron chi connectivity index (χ3n) is 3.18. The standard InChI is InChI=1S/C16H14F2N4O3S2/c1-9-20-21-16(27-9)26-5-4-19-15(23)13-7-11(25-22-13)8-24-14-3-2-10(17)6-12(14)18/h2-3,6-7H,4-5,8H2,1H3,(H,19,23). The number of rotatable bonds is 8. The summed E-state index contributed by atoms with van der Waals surface area (Å²) in [5, 5.41) is 15.2. The van der Waals surface area contributed by atoms with E-state index in [1.54, 1.807) is 0 Å². The van der Waals surface area contributed by atoms with Crippen LogP contribution in [0.3, 0.4) is 0 Å². The van der Waals surface area contributed by atoms with Crippen LogP contribution in [0.25, 0.3) is 0 Å². The molecule has 0 saturated heterocycles. The zero-order chi connectivity index (χ0) is 19.2. The van der Waals surface area contributed by atoms with Crippen molar-refractivity contribution in [2.75, 3.05) is 12.3 Å². The largest absolute Gasteiger partial charge is 0.482 e. The quantitative estimate of drug-likeness (QED) is 0.449. The summed E-state index contributed by atoms with van der Waals surface area (Å²) in [5.41, 5.74) is 0.0879. The fourth-order valence-electron chi connectivity index (χ4n) is 1.96. The molecule has 0 radical (unpaired) electrons. The minimum atomic E-state index is -0.824. The first-order chi connectivity index (χ1) is 13.0. The van der Waals surface area contributed by atoms with Crippen molar-refractivity contribution in [3.05, 3.63) is 52.4 Å². The van der Waals surface area contributed by atoms with Crippen molar-refractivity contribution >= 4 is 29.0 Å². The van der Waals surface area contributed by atoms with E-state index in [0.29, 0.717) is 12.3 Å². The first-order valence-corrected chi connectivity index (χ1v) is 9.56. The summed E-state index contributed by atoms with van der Waals surface area (Å²) >= 11 is 2.99. The lowest BCUT2D eigenvalue weighted by Crippen LogP contribution is -2.25. The monoisotopic (exact) mass is 412 g/mol. The molecule has 7 nitrogen and oxygen atoms in total. The molecule has 0 fully saturated rings. The summed E-state index contributed by atoms with van der Waals surface area (Å²) < 4.78 is 37.4. The zero-order valence-corrected chi connectivity index (χ0v) is 15.7. The van der Waals surface area contributed by atoms with Gasteiger partial charge in [-0.2, -0.15) is 0 Å². The fraction of sp³-hybridized carbons (Fsp3) is 0.250. The molecular weight excluding hydrogens is 398 g/mol. The second-order valence-corrected chi connectivity index (χ2v) is 7.76. The molecule has 11 heteroatoms. The minimum Gasteiger partial charge on any atom is -0.482 e. The van der Waals surface area contributed by atoms with Crippen molar-refractivity contribution < 1.29 is 22.8 Å². The number of benzene rings is 1. The van der Waals surface area contributed by atoms with E-state index in [2.05, 4.69) is 20.7 Å². The lowest BCUT2D eigenvalue weighted by molar-refractivity contribution is 0.0947. The Bertz CT molecular complexity index is 932. The Kier molecular flexibility index (Phi) is 6.35. The van der Waals surface area contributed by atoms with Gasteiger partial charge in [0.2, 0.25) is 0 Å². The van der Waals surface area contributed by atoms with Crippen LogP contribution in [0, 0.1) is 18.6 Å². The van der Waals surface area contributed by atoms with Gasteiger partial charge in [-0.3, -0.25) is 4.79 Å². The van der Waals surface area contributed by atoms with Gasteiger partial charge in [0, 0.05) is 24.4 Å². The normalized spacial score (nSPS) is 10.8. The van der Waals surface area contributed by atoms with Crippen molar-refractivity contribution in [3.63, 3.8) is 0 Å². The van der Waals surface area contributed by atoms with E-state index in [0.717, 1.165) is 21.5 Å². The van der Waals surface area contributed by atoms with Gasteiger partial charge >= 0.3 is 0 Å². The van der Waals surface area contributed by atoms with Gasteiger partial charge < -0.3 is 14.6 Å². The van der Waals surface area contributed by atoms with E-state index in [1.807, 2.05) is 6.92 Å². The highest BCUT2D eigenvalue weighted by atomic mass is 32.2. The molecular formula is C16H14F2N4O3S2. The summed E-state index contributed by atoms with van der Waals surface area (Å²) in [4.78, 5) is 12.0. The number of ether oxygens (including phenoxy) is 1. The number of thioether (sulfide) groups is 1. The molecule has 2 aromatic heterocycles. The van der Waals surface area contributed by atoms with Crippen LogP contribution < -0.4 is 10.1 Å². The van der Waals surface area contributed by atoms with Gasteiger partial charge in [-0.15, -0.1) is 10.2 Å². The number of aryl methyl sites for hydroxylation is 1. The molecule has 0 spiro atoms.